The van der Waals surface area contributed by atoms with Crippen LogP contribution in [0.15, 0.2) is 224 Å². The number of esters is 1. The van der Waals surface area contributed by atoms with Gasteiger partial charge in [-0.1, -0.05) is 195 Å². The average Bonchev–Trinajstić information content (AvgIpc) is 0.810. The lowest BCUT2D eigenvalue weighted by molar-refractivity contribution is -0.140. The van der Waals surface area contributed by atoms with Gasteiger partial charge in [0.2, 0.25) is 29.5 Å². The van der Waals surface area contributed by atoms with Gasteiger partial charge in [0.15, 0.2) is 22.4 Å². The molecule has 0 unspecified atom stereocenters. The Bertz CT molecular complexity index is 4180. The minimum absolute atomic E-state index is 0.00196. The number of carbonyl (C=O) groups is 8. The molecule has 0 aliphatic rings. The number of ketones is 1. The van der Waals surface area contributed by atoms with Crippen LogP contribution in [0.5, 0.6) is 0 Å². The summed E-state index contributed by atoms with van der Waals surface area (Å²) < 4.78 is 22.3. The summed E-state index contributed by atoms with van der Waals surface area (Å²) in [4.78, 5) is 102. The maximum absolute atomic E-state index is 13.3. The number of hydrogen-bond donors (Lipinski definition) is 8. The molecule has 0 radical (unpaired) electrons. The van der Waals surface area contributed by atoms with Crippen molar-refractivity contribution in [3.05, 3.63) is 241 Å². The fraction of sp³-hybridized carbons (Fsp3) is 0.423. The molecular formula is C97H136N8O15Si2. The van der Waals surface area contributed by atoms with Crippen LogP contribution in [0.25, 0.3) is 0 Å². The van der Waals surface area contributed by atoms with Gasteiger partial charge in [-0.3, -0.25) is 38.9 Å². The number of nitrogens with one attached hydrogen (secondary N) is 4. The number of aliphatic hydroxyl groups is 3. The van der Waals surface area contributed by atoms with Gasteiger partial charge < -0.3 is 70.0 Å². The van der Waals surface area contributed by atoms with Crippen LogP contribution in [0.1, 0.15) is 156 Å². The predicted molar refractivity (Wildman–Crippen MR) is 500 cm³/mol. The van der Waals surface area contributed by atoms with Crippen molar-refractivity contribution in [1.29, 1.82) is 0 Å². The lowest BCUT2D eigenvalue weighted by atomic mass is 10.1. The second-order valence-electron chi connectivity index (χ2n) is 33.5. The molecule has 23 nitrogen and oxygen atoms in total. The van der Waals surface area contributed by atoms with Gasteiger partial charge in [0, 0.05) is 97.4 Å². The Hall–Kier alpha value is -10.6. The molecular weight excluding hydrogens is 1570 g/mol. The number of nitrogens with two attached hydrogens (primary N) is 1. The fourth-order valence-electron chi connectivity index (χ4n) is 11.4. The van der Waals surface area contributed by atoms with Crippen molar-refractivity contribution in [3.8, 4) is 0 Å². The molecule has 0 saturated carbocycles. The number of rotatable bonds is 40. The van der Waals surface area contributed by atoms with Crippen molar-refractivity contribution in [2.45, 2.75) is 200 Å². The van der Waals surface area contributed by atoms with E-state index in [-0.39, 0.29) is 91.9 Å². The van der Waals surface area contributed by atoms with E-state index in [1.54, 1.807) is 51.1 Å². The van der Waals surface area contributed by atoms with Gasteiger partial charge in [0.25, 0.3) is 0 Å². The first-order valence-corrected chi connectivity index (χ1v) is 48.0. The Balaban J connectivity index is 0.000000338. The van der Waals surface area contributed by atoms with Gasteiger partial charge in [0.1, 0.15) is 12.2 Å². The highest BCUT2D eigenvalue weighted by Crippen LogP contribution is 2.38. The van der Waals surface area contributed by atoms with Crippen LogP contribution in [0, 0.1) is 0 Å². The zero-order valence-corrected chi connectivity index (χ0v) is 76.5. The Morgan fingerprint density at radius 2 is 0.713 bits per heavy atom. The number of anilines is 8. The van der Waals surface area contributed by atoms with Crippen molar-refractivity contribution in [2.75, 3.05) is 108 Å². The zero-order valence-electron chi connectivity index (χ0n) is 74.5. The minimum Gasteiger partial charge on any atom is -0.469 e. The van der Waals surface area contributed by atoms with E-state index in [1.807, 2.05) is 197 Å². The number of benzene rings is 8. The minimum atomic E-state index is -1.90. The number of nitrogens with zero attached hydrogens (tertiary/aromatic N) is 3. The molecule has 0 aliphatic heterocycles. The van der Waals surface area contributed by atoms with Crippen LogP contribution < -0.4 is 41.7 Å². The van der Waals surface area contributed by atoms with E-state index >= 15 is 0 Å². The summed E-state index contributed by atoms with van der Waals surface area (Å²) in [6.07, 6.45) is 8.29. The Labute approximate surface area is 727 Å². The van der Waals surface area contributed by atoms with Gasteiger partial charge in [-0.2, -0.15) is 0 Å². The first-order valence-electron chi connectivity index (χ1n) is 42.2. The third-order valence-electron chi connectivity index (χ3n) is 20.3. The molecule has 9 N–H and O–H groups in total. The molecule has 0 spiro atoms. The summed E-state index contributed by atoms with van der Waals surface area (Å²) in [7, 11) is -2.10. The summed E-state index contributed by atoms with van der Waals surface area (Å²) >= 11 is 0. The third-order valence-corrected chi connectivity index (χ3v) is 29.4. The molecule has 0 bridgehead atoms. The summed E-state index contributed by atoms with van der Waals surface area (Å²) in [6, 6.07) is 69.6. The molecule has 6 amide bonds. The number of hydrogen-bond acceptors (Lipinski definition) is 17. The van der Waals surface area contributed by atoms with Crippen molar-refractivity contribution < 1.29 is 72.0 Å². The highest BCUT2D eigenvalue weighted by molar-refractivity contribution is 6.74. The molecule has 0 aromatic heterocycles. The van der Waals surface area contributed by atoms with E-state index in [2.05, 4.69) is 106 Å². The lowest BCUT2D eigenvalue weighted by Crippen LogP contribution is -2.44. The van der Waals surface area contributed by atoms with E-state index in [9.17, 15) is 48.6 Å². The topological polar surface area (TPSA) is 318 Å². The fourth-order valence-corrected chi connectivity index (χ4v) is 13.5. The SMILES string of the molecule is CC(C)(C)OC(=O)Nc1ccc(CC(=O)N(CCO[Si](C)(C)C(C)(C)C)c2ccccc2)cc1.CC(C)(C)[Si](C)(C)OCCNc1ccccc1.COC(=O)CCCCCCC(=O)Nc1ccc(CC(=O)N(CCO)c2ccccc2)cc1.Nc1ccccc1.O=C(CO)CCCCCCC(=O)Nc1ccc(CC(=O)N(CCO)c2ccccc2)cc1. The smallest absolute Gasteiger partial charge is 0.412 e. The first-order chi connectivity index (χ1) is 58.0. The number of methoxy groups -OCH3 is 1. The molecule has 122 heavy (non-hydrogen) atoms. The quantitative estimate of drug-likeness (QED) is 0.00766. The summed E-state index contributed by atoms with van der Waals surface area (Å²) in [6.45, 7) is 30.4. The van der Waals surface area contributed by atoms with Gasteiger partial charge in [-0.25, -0.2) is 4.79 Å². The monoisotopic (exact) mass is 1710 g/mol. The molecule has 0 fully saturated rings. The van der Waals surface area contributed by atoms with Crippen LogP contribution in [-0.2, 0) is 71.1 Å². The molecule has 8 rings (SSSR count). The first kappa shape index (κ1) is 104. The number of nitrogen functional groups attached to an aromatic ring is 1. The third kappa shape index (κ3) is 42.7. The summed E-state index contributed by atoms with van der Waals surface area (Å²) in [5.74, 6) is -0.684. The molecule has 8 aromatic rings. The Morgan fingerprint density at radius 3 is 1.04 bits per heavy atom. The normalized spacial score (nSPS) is 11.2. The number of aliphatic hydroxyl groups excluding tert-OH is 3. The number of unbranched alkanes of at least 4 members (excludes halogenated alkanes) is 6. The average molecular weight is 1710 g/mol. The molecule has 8 aromatic carbocycles. The van der Waals surface area contributed by atoms with E-state index in [0.717, 1.165) is 110 Å². The van der Waals surface area contributed by atoms with E-state index in [1.165, 1.54) is 7.11 Å². The van der Waals surface area contributed by atoms with Crippen LogP contribution in [-0.4, -0.2) is 151 Å². The molecule has 662 valence electrons. The number of amides is 6. The highest BCUT2D eigenvalue weighted by atomic mass is 28.4. The maximum Gasteiger partial charge on any atom is 0.412 e. The molecule has 0 aliphatic carbocycles. The second kappa shape index (κ2) is 55.4. The van der Waals surface area contributed by atoms with Crippen molar-refractivity contribution in [1.82, 2.24) is 0 Å². The Kier molecular flexibility index (Phi) is 47.1. The van der Waals surface area contributed by atoms with E-state index in [4.69, 9.17) is 24.4 Å². The van der Waals surface area contributed by atoms with E-state index in [0.29, 0.717) is 60.9 Å². The lowest BCUT2D eigenvalue weighted by Gasteiger charge is -2.36. The van der Waals surface area contributed by atoms with Gasteiger partial charge in [0.05, 0.1) is 52.8 Å². The van der Waals surface area contributed by atoms with Crippen LogP contribution in [0.3, 0.4) is 0 Å². The van der Waals surface area contributed by atoms with Gasteiger partial charge >= 0.3 is 12.1 Å². The summed E-state index contributed by atoms with van der Waals surface area (Å²) in [5, 5.41) is 39.5. The molecule has 0 heterocycles. The summed E-state index contributed by atoms with van der Waals surface area (Å²) in [5.41, 5.74) is 13.6. The van der Waals surface area contributed by atoms with Crippen LogP contribution in [0.2, 0.25) is 36.3 Å². The van der Waals surface area contributed by atoms with Crippen molar-refractivity contribution >= 4 is 110 Å². The number of ether oxygens (including phenoxy) is 2. The van der Waals surface area contributed by atoms with Gasteiger partial charge in [-0.15, -0.1) is 0 Å². The maximum atomic E-state index is 13.3. The van der Waals surface area contributed by atoms with E-state index < -0.39 is 34.9 Å². The van der Waals surface area contributed by atoms with Crippen molar-refractivity contribution in [3.63, 3.8) is 0 Å². The zero-order chi connectivity index (χ0) is 90.0. The van der Waals surface area contributed by atoms with Crippen LogP contribution in [0.4, 0.5) is 50.3 Å². The number of para-hydroxylation sites is 5. The highest BCUT2D eigenvalue weighted by Gasteiger charge is 2.38. The standard InChI is InChI=1S/C27H40N2O4Si.2C25H32N2O5.C14H25NOSi.C6H7N/c1-26(2,3)33-25(31)28-22-16-14-21(15-17-22)20-24(30)29(23-12-10-9-11-13-23)18-19-32-34(7,8)27(4,5)6;1-32-25(31)12-8-3-2-7-11-23(29)26-21-15-13-20(14-16-21)19-24(30)27(17-18-28)22-9-5-4-6-10-22;28-17-16-27(22-8-4-3-5-9-22)25(32)18-20-12-14-21(15-13-20)26-24(31)11-7-2-1-6-10-23(30)19-29;1-14(2,3)17(4,5)16-12-11-15-13-9-7-6-8-10-13;7-6-4-2-1-3-5-6/h9-17H,18-20H2,1-8H3,(H,28,31);4-6,9-10,13-16,28H,2-3,7-8,11-12,17-19H2,1H3,(H,26,29);3-5,8-9,12-15,28-29H,1-2,6-7,10-11,16-19H2,(H,26,31);6-10,15H,11-12H2,1-5H3;1-5H,7H2. The molecule has 0 atom stereocenters. The molecule has 25 heteroatoms. The predicted octanol–water partition coefficient (Wildman–Crippen LogP) is 18.8. The van der Waals surface area contributed by atoms with Crippen molar-refractivity contribution in [2.24, 2.45) is 0 Å². The number of Topliss-reactive ketones (excluding diaryl/α,β-unsaturated/α-hetero) is 1. The Morgan fingerprint density at radius 1 is 0.385 bits per heavy atom. The molecule has 0 saturated heterocycles. The largest absolute Gasteiger partial charge is 0.469 e. The second-order valence-corrected chi connectivity index (χ2v) is 43.1. The number of carbonyl (C=O) groups excluding carboxylic acids is 8. The van der Waals surface area contributed by atoms with Crippen LogP contribution >= 0.6 is 0 Å². The van der Waals surface area contributed by atoms with Gasteiger partial charge in [-0.05, 0) is 196 Å².